The van der Waals surface area contributed by atoms with E-state index in [4.69, 9.17) is 5.73 Å². The molecule has 2 rings (SSSR count). The number of carbonyl (C=O) groups is 1. The van der Waals surface area contributed by atoms with Crippen LogP contribution in [0.4, 0.5) is 0 Å². The first kappa shape index (κ1) is 11.9. The average molecular weight is 234 g/mol. The molecule has 1 aromatic rings. The lowest BCUT2D eigenvalue weighted by atomic mass is 9.97. The standard InChI is InChI=1S/C13H18N2O2/c14-9-13(6-1-2-7-13)15-12(17)10-4-3-5-11(16)8-10/h3-5,8,16H,1-2,6-7,9,14H2,(H,15,17). The molecule has 0 aliphatic heterocycles. The van der Waals surface area contributed by atoms with Crippen LogP contribution in [-0.2, 0) is 0 Å². The van der Waals surface area contributed by atoms with Crippen molar-refractivity contribution in [1.82, 2.24) is 5.32 Å². The lowest BCUT2D eigenvalue weighted by molar-refractivity contribution is 0.0902. The van der Waals surface area contributed by atoms with Crippen molar-refractivity contribution in [1.29, 1.82) is 0 Å². The largest absolute Gasteiger partial charge is 0.508 e. The van der Waals surface area contributed by atoms with Crippen LogP contribution in [0.3, 0.4) is 0 Å². The van der Waals surface area contributed by atoms with Gasteiger partial charge >= 0.3 is 0 Å². The Morgan fingerprint density at radius 3 is 2.71 bits per heavy atom. The minimum absolute atomic E-state index is 0.103. The van der Waals surface area contributed by atoms with E-state index in [2.05, 4.69) is 5.32 Å². The highest BCUT2D eigenvalue weighted by atomic mass is 16.3. The number of phenols is 1. The summed E-state index contributed by atoms with van der Waals surface area (Å²) in [7, 11) is 0. The van der Waals surface area contributed by atoms with Crippen molar-refractivity contribution in [3.63, 3.8) is 0 Å². The molecule has 0 spiro atoms. The average Bonchev–Trinajstić information content (AvgIpc) is 2.78. The van der Waals surface area contributed by atoms with Gasteiger partial charge in [-0.2, -0.15) is 0 Å². The Morgan fingerprint density at radius 1 is 1.41 bits per heavy atom. The topological polar surface area (TPSA) is 75.3 Å². The van der Waals surface area contributed by atoms with Gasteiger partial charge in [0.1, 0.15) is 5.75 Å². The number of nitrogens with one attached hydrogen (secondary N) is 1. The predicted molar refractivity (Wildman–Crippen MR) is 65.8 cm³/mol. The van der Waals surface area contributed by atoms with E-state index in [0.29, 0.717) is 12.1 Å². The second-order valence-electron chi connectivity index (χ2n) is 4.70. The van der Waals surface area contributed by atoms with Crippen LogP contribution >= 0.6 is 0 Å². The van der Waals surface area contributed by atoms with E-state index in [0.717, 1.165) is 25.7 Å². The summed E-state index contributed by atoms with van der Waals surface area (Å²) in [6.45, 7) is 0.470. The number of carbonyl (C=O) groups excluding carboxylic acids is 1. The first-order valence-electron chi connectivity index (χ1n) is 5.97. The molecule has 0 bridgehead atoms. The third-order valence-corrected chi connectivity index (χ3v) is 3.44. The summed E-state index contributed by atoms with van der Waals surface area (Å²) in [4.78, 5) is 12.0. The quantitative estimate of drug-likeness (QED) is 0.740. The zero-order valence-electron chi connectivity index (χ0n) is 9.78. The molecule has 1 aliphatic rings. The van der Waals surface area contributed by atoms with Crippen LogP contribution in [-0.4, -0.2) is 23.1 Å². The molecule has 17 heavy (non-hydrogen) atoms. The number of hydrogen-bond donors (Lipinski definition) is 3. The van der Waals surface area contributed by atoms with Gasteiger partial charge in [-0.15, -0.1) is 0 Å². The van der Waals surface area contributed by atoms with Crippen molar-refractivity contribution in [3.05, 3.63) is 29.8 Å². The van der Waals surface area contributed by atoms with Crippen molar-refractivity contribution in [2.45, 2.75) is 31.2 Å². The van der Waals surface area contributed by atoms with Gasteiger partial charge in [-0.25, -0.2) is 0 Å². The van der Waals surface area contributed by atoms with Crippen LogP contribution in [0.1, 0.15) is 36.0 Å². The third-order valence-electron chi connectivity index (χ3n) is 3.44. The van der Waals surface area contributed by atoms with Gasteiger partial charge < -0.3 is 16.2 Å². The fourth-order valence-corrected chi connectivity index (χ4v) is 2.39. The molecule has 1 saturated carbocycles. The first-order valence-corrected chi connectivity index (χ1v) is 5.97. The smallest absolute Gasteiger partial charge is 0.251 e. The summed E-state index contributed by atoms with van der Waals surface area (Å²) in [5.41, 5.74) is 5.99. The van der Waals surface area contributed by atoms with E-state index in [-0.39, 0.29) is 17.2 Å². The molecule has 4 heteroatoms. The van der Waals surface area contributed by atoms with Crippen molar-refractivity contribution in [2.24, 2.45) is 5.73 Å². The number of rotatable bonds is 3. The molecule has 0 atom stereocenters. The maximum atomic E-state index is 12.0. The maximum absolute atomic E-state index is 12.0. The van der Waals surface area contributed by atoms with Crippen molar-refractivity contribution >= 4 is 5.91 Å². The normalized spacial score (nSPS) is 17.9. The third kappa shape index (κ3) is 2.58. The van der Waals surface area contributed by atoms with Crippen LogP contribution in [0.25, 0.3) is 0 Å². The lowest BCUT2D eigenvalue weighted by Gasteiger charge is -2.28. The Labute approximate surface area is 101 Å². The molecule has 4 nitrogen and oxygen atoms in total. The molecule has 0 heterocycles. The summed E-state index contributed by atoms with van der Waals surface area (Å²) < 4.78 is 0. The summed E-state index contributed by atoms with van der Waals surface area (Å²) >= 11 is 0. The van der Waals surface area contributed by atoms with Gasteiger partial charge in [0, 0.05) is 12.1 Å². The summed E-state index contributed by atoms with van der Waals surface area (Å²) in [6.07, 6.45) is 4.09. The van der Waals surface area contributed by atoms with E-state index in [1.54, 1.807) is 18.2 Å². The van der Waals surface area contributed by atoms with E-state index in [1.807, 2.05) is 0 Å². The molecule has 0 radical (unpaired) electrons. The maximum Gasteiger partial charge on any atom is 0.251 e. The molecule has 1 aliphatic carbocycles. The molecular weight excluding hydrogens is 216 g/mol. The molecule has 1 amide bonds. The molecule has 0 aromatic heterocycles. The number of phenolic OH excluding ortho intramolecular Hbond substituents is 1. The molecular formula is C13H18N2O2. The monoisotopic (exact) mass is 234 g/mol. The summed E-state index contributed by atoms with van der Waals surface area (Å²) in [6, 6.07) is 6.36. The zero-order valence-corrected chi connectivity index (χ0v) is 9.78. The number of nitrogens with two attached hydrogens (primary N) is 1. The van der Waals surface area contributed by atoms with Gasteiger partial charge in [-0.3, -0.25) is 4.79 Å². The summed E-state index contributed by atoms with van der Waals surface area (Å²) in [5.74, 6) is -0.0564. The Kier molecular flexibility index (Phi) is 3.33. The molecule has 92 valence electrons. The number of amides is 1. The van der Waals surface area contributed by atoms with Gasteiger partial charge in [-0.1, -0.05) is 18.9 Å². The highest BCUT2D eigenvalue weighted by molar-refractivity contribution is 5.95. The fraction of sp³-hybridized carbons (Fsp3) is 0.462. The van der Waals surface area contributed by atoms with Crippen LogP contribution in [0.5, 0.6) is 5.75 Å². The highest BCUT2D eigenvalue weighted by Gasteiger charge is 2.34. The van der Waals surface area contributed by atoms with Gasteiger partial charge in [0.2, 0.25) is 0 Å². The Balaban J connectivity index is 2.11. The Morgan fingerprint density at radius 2 is 2.12 bits per heavy atom. The molecule has 0 saturated heterocycles. The molecule has 0 unspecified atom stereocenters. The van der Waals surface area contributed by atoms with Crippen LogP contribution < -0.4 is 11.1 Å². The van der Waals surface area contributed by atoms with Crippen LogP contribution in [0, 0.1) is 0 Å². The second kappa shape index (κ2) is 4.75. The SMILES string of the molecule is NCC1(NC(=O)c2cccc(O)c2)CCCC1. The van der Waals surface area contributed by atoms with Gasteiger partial charge in [0.15, 0.2) is 0 Å². The van der Waals surface area contributed by atoms with Crippen molar-refractivity contribution < 1.29 is 9.90 Å². The Bertz CT molecular complexity index is 412. The van der Waals surface area contributed by atoms with Gasteiger partial charge in [0.05, 0.1) is 5.54 Å². The van der Waals surface area contributed by atoms with Crippen LogP contribution in [0.2, 0.25) is 0 Å². The van der Waals surface area contributed by atoms with E-state index >= 15 is 0 Å². The van der Waals surface area contributed by atoms with Gasteiger partial charge in [-0.05, 0) is 31.0 Å². The highest BCUT2D eigenvalue weighted by Crippen LogP contribution is 2.29. The molecule has 4 N–H and O–H groups in total. The number of benzene rings is 1. The van der Waals surface area contributed by atoms with Crippen molar-refractivity contribution in [2.75, 3.05) is 6.54 Å². The van der Waals surface area contributed by atoms with E-state index in [9.17, 15) is 9.90 Å². The summed E-state index contributed by atoms with van der Waals surface area (Å²) in [5, 5.41) is 12.4. The van der Waals surface area contributed by atoms with Crippen molar-refractivity contribution in [3.8, 4) is 5.75 Å². The van der Waals surface area contributed by atoms with Gasteiger partial charge in [0.25, 0.3) is 5.91 Å². The predicted octanol–water partition coefficient (Wildman–Crippen LogP) is 1.39. The number of aromatic hydroxyl groups is 1. The minimum Gasteiger partial charge on any atom is -0.508 e. The molecule has 1 fully saturated rings. The molecule has 1 aromatic carbocycles. The first-order chi connectivity index (χ1) is 8.15. The second-order valence-corrected chi connectivity index (χ2v) is 4.70. The van der Waals surface area contributed by atoms with E-state index in [1.165, 1.54) is 6.07 Å². The lowest BCUT2D eigenvalue weighted by Crippen LogP contribution is -2.51. The Hall–Kier alpha value is -1.55. The van der Waals surface area contributed by atoms with E-state index < -0.39 is 0 Å². The zero-order chi connectivity index (χ0) is 12.3. The fourth-order valence-electron chi connectivity index (χ4n) is 2.39. The van der Waals surface area contributed by atoms with Crippen LogP contribution in [0.15, 0.2) is 24.3 Å². The minimum atomic E-state index is -0.247. The number of hydrogen-bond acceptors (Lipinski definition) is 3.